The van der Waals surface area contributed by atoms with Crippen molar-refractivity contribution in [1.82, 2.24) is 10.0 Å². The molecule has 0 radical (unpaired) electrons. The van der Waals surface area contributed by atoms with Crippen molar-refractivity contribution in [2.45, 2.75) is 51.1 Å². The Balaban J connectivity index is 2.02. The Hall–Kier alpha value is -1.70. The van der Waals surface area contributed by atoms with Gasteiger partial charge in [-0.15, -0.1) is 11.3 Å². The number of amides is 1. The third kappa shape index (κ3) is 6.23. The van der Waals surface area contributed by atoms with E-state index >= 15 is 0 Å². The molecule has 0 aliphatic rings. The lowest BCUT2D eigenvalue weighted by molar-refractivity contribution is 0.0937. The molecule has 0 aliphatic heterocycles. The molecule has 142 valence electrons. The van der Waals surface area contributed by atoms with E-state index in [4.69, 9.17) is 0 Å². The van der Waals surface area contributed by atoms with E-state index in [2.05, 4.69) is 23.9 Å². The molecule has 7 heteroatoms. The Morgan fingerprint density at radius 3 is 2.54 bits per heavy atom. The molecule has 2 N–H and O–H groups in total. The summed E-state index contributed by atoms with van der Waals surface area (Å²) in [6.07, 6.45) is 1.92. The number of nitrogens with one attached hydrogen (secondary N) is 2. The van der Waals surface area contributed by atoms with Gasteiger partial charge in [0.15, 0.2) is 0 Å². The lowest BCUT2D eigenvalue weighted by Crippen LogP contribution is -2.33. The zero-order chi connectivity index (χ0) is 19.2. The highest BCUT2D eigenvalue weighted by Gasteiger charge is 2.17. The molecule has 0 bridgehead atoms. The van der Waals surface area contributed by atoms with Crippen LogP contribution in [0.2, 0.25) is 0 Å². The summed E-state index contributed by atoms with van der Waals surface area (Å²) in [5.74, 6) is 0.328. The van der Waals surface area contributed by atoms with Crippen LogP contribution in [0.5, 0.6) is 0 Å². The lowest BCUT2D eigenvalue weighted by atomic mass is 10.0. The van der Waals surface area contributed by atoms with Crippen LogP contribution in [0.3, 0.4) is 0 Å². The first-order chi connectivity index (χ1) is 12.3. The van der Waals surface area contributed by atoms with Gasteiger partial charge in [0.2, 0.25) is 10.0 Å². The number of carbonyl (C=O) groups excluding carboxylic acids is 1. The second kappa shape index (κ2) is 9.30. The van der Waals surface area contributed by atoms with Gasteiger partial charge in [0.1, 0.15) is 0 Å². The summed E-state index contributed by atoms with van der Waals surface area (Å²) in [7, 11) is -3.67. The van der Waals surface area contributed by atoms with Crippen LogP contribution in [0, 0.1) is 5.92 Å². The van der Waals surface area contributed by atoms with Crippen molar-refractivity contribution in [3.63, 3.8) is 0 Å². The Kier molecular flexibility index (Phi) is 7.37. The summed E-state index contributed by atoms with van der Waals surface area (Å²) in [5.41, 5.74) is 0.348. The monoisotopic (exact) mass is 394 g/mol. The molecule has 26 heavy (non-hydrogen) atoms. The van der Waals surface area contributed by atoms with Crippen LogP contribution in [0.25, 0.3) is 0 Å². The standard InChI is InChI=1S/C19H26N2O3S2/c1-14(2)9-10-15(3)21-19(22)16-6-4-8-18(12-16)26(23,24)20-13-17-7-5-11-25-17/h4-8,11-12,14-15,20H,9-10,13H2,1-3H3,(H,21,22). The normalized spacial score (nSPS) is 12.9. The second-order valence-electron chi connectivity index (χ2n) is 6.78. The first kappa shape index (κ1) is 20.6. The molecule has 1 heterocycles. The number of sulfonamides is 1. The van der Waals surface area contributed by atoms with Crippen LogP contribution in [0.15, 0.2) is 46.7 Å². The molecule has 2 aromatic rings. The summed E-state index contributed by atoms with van der Waals surface area (Å²) < 4.78 is 27.5. The van der Waals surface area contributed by atoms with Crippen LogP contribution in [0.4, 0.5) is 0 Å². The SMILES string of the molecule is CC(C)CCC(C)NC(=O)c1cccc(S(=O)(=O)NCc2cccs2)c1. The Labute approximate surface area is 159 Å². The number of benzene rings is 1. The molecule has 5 nitrogen and oxygen atoms in total. The van der Waals surface area contributed by atoms with Crippen molar-refractivity contribution in [2.75, 3.05) is 0 Å². The fraction of sp³-hybridized carbons (Fsp3) is 0.421. The van der Waals surface area contributed by atoms with Gasteiger partial charge in [-0.1, -0.05) is 26.0 Å². The summed E-state index contributed by atoms with van der Waals surface area (Å²) >= 11 is 1.49. The highest BCUT2D eigenvalue weighted by molar-refractivity contribution is 7.89. The molecule has 1 aromatic heterocycles. The molecule has 0 spiro atoms. The predicted octanol–water partition coefficient (Wildman–Crippen LogP) is 3.78. The summed E-state index contributed by atoms with van der Waals surface area (Å²) in [5, 5.41) is 4.83. The summed E-state index contributed by atoms with van der Waals surface area (Å²) in [4.78, 5) is 13.4. The van der Waals surface area contributed by atoms with Gasteiger partial charge < -0.3 is 5.32 Å². The van der Waals surface area contributed by atoms with E-state index < -0.39 is 10.0 Å². The number of rotatable bonds is 9. The van der Waals surface area contributed by atoms with Crippen molar-refractivity contribution >= 4 is 27.3 Å². The minimum atomic E-state index is -3.67. The summed E-state index contributed by atoms with van der Waals surface area (Å²) in [6.45, 7) is 6.49. The largest absolute Gasteiger partial charge is 0.350 e. The van der Waals surface area contributed by atoms with Crippen LogP contribution in [-0.4, -0.2) is 20.4 Å². The molecular formula is C19H26N2O3S2. The number of carbonyl (C=O) groups is 1. The molecule has 1 amide bonds. The molecule has 1 unspecified atom stereocenters. The van der Waals surface area contributed by atoms with Crippen molar-refractivity contribution in [3.8, 4) is 0 Å². The van der Waals surface area contributed by atoms with Gasteiger partial charge >= 0.3 is 0 Å². The zero-order valence-electron chi connectivity index (χ0n) is 15.4. The van der Waals surface area contributed by atoms with Crippen LogP contribution in [-0.2, 0) is 16.6 Å². The van der Waals surface area contributed by atoms with Gasteiger partial charge in [-0.2, -0.15) is 0 Å². The van der Waals surface area contributed by atoms with E-state index in [9.17, 15) is 13.2 Å². The molecule has 2 rings (SSSR count). The Morgan fingerprint density at radius 1 is 1.12 bits per heavy atom. The molecule has 0 aliphatic carbocycles. The fourth-order valence-corrected chi connectivity index (χ4v) is 4.22. The van der Waals surface area contributed by atoms with Gasteiger partial charge in [-0.3, -0.25) is 4.79 Å². The topological polar surface area (TPSA) is 75.3 Å². The Bertz CT molecular complexity index is 815. The number of thiophene rings is 1. The highest BCUT2D eigenvalue weighted by atomic mass is 32.2. The molecule has 1 atom stereocenters. The quantitative estimate of drug-likeness (QED) is 0.680. The van der Waals surface area contributed by atoms with Crippen molar-refractivity contribution in [3.05, 3.63) is 52.2 Å². The van der Waals surface area contributed by atoms with Gasteiger partial charge in [0.05, 0.1) is 4.90 Å². The lowest BCUT2D eigenvalue weighted by Gasteiger charge is -2.15. The second-order valence-corrected chi connectivity index (χ2v) is 9.58. The first-order valence-electron chi connectivity index (χ1n) is 8.71. The Morgan fingerprint density at radius 2 is 1.88 bits per heavy atom. The van der Waals surface area contributed by atoms with E-state index in [0.717, 1.165) is 17.7 Å². The van der Waals surface area contributed by atoms with Crippen LogP contribution in [0.1, 0.15) is 48.8 Å². The smallest absolute Gasteiger partial charge is 0.251 e. The minimum absolute atomic E-state index is 0.0436. The third-order valence-electron chi connectivity index (χ3n) is 3.98. The highest BCUT2D eigenvalue weighted by Crippen LogP contribution is 2.14. The van der Waals surface area contributed by atoms with Crippen molar-refractivity contribution in [1.29, 1.82) is 0 Å². The van der Waals surface area contributed by atoms with Gasteiger partial charge in [-0.05, 0) is 55.3 Å². The predicted molar refractivity (Wildman–Crippen MR) is 106 cm³/mol. The average molecular weight is 395 g/mol. The zero-order valence-corrected chi connectivity index (χ0v) is 17.0. The maximum absolute atomic E-state index is 12.5. The maximum Gasteiger partial charge on any atom is 0.251 e. The number of hydrogen-bond acceptors (Lipinski definition) is 4. The maximum atomic E-state index is 12.5. The molecule has 0 fully saturated rings. The summed E-state index contributed by atoms with van der Waals surface area (Å²) in [6, 6.07) is 9.92. The van der Waals surface area contributed by atoms with Crippen molar-refractivity contribution in [2.24, 2.45) is 5.92 Å². The van der Waals surface area contributed by atoms with Gasteiger partial charge in [0, 0.05) is 23.0 Å². The van der Waals surface area contributed by atoms with Crippen molar-refractivity contribution < 1.29 is 13.2 Å². The van der Waals surface area contributed by atoms with E-state index in [1.807, 2.05) is 24.4 Å². The molecule has 0 saturated carbocycles. The first-order valence-corrected chi connectivity index (χ1v) is 11.1. The van der Waals surface area contributed by atoms with E-state index in [-0.39, 0.29) is 23.4 Å². The number of hydrogen-bond donors (Lipinski definition) is 2. The molecular weight excluding hydrogens is 368 g/mol. The molecule has 1 aromatic carbocycles. The third-order valence-corrected chi connectivity index (χ3v) is 6.25. The molecule has 0 saturated heterocycles. The minimum Gasteiger partial charge on any atom is -0.350 e. The fourth-order valence-electron chi connectivity index (χ4n) is 2.43. The van der Waals surface area contributed by atoms with Crippen LogP contribution < -0.4 is 10.0 Å². The van der Waals surface area contributed by atoms with Gasteiger partial charge in [-0.25, -0.2) is 13.1 Å². The van der Waals surface area contributed by atoms with Gasteiger partial charge in [0.25, 0.3) is 5.91 Å². The van der Waals surface area contributed by atoms with E-state index in [0.29, 0.717) is 11.5 Å². The van der Waals surface area contributed by atoms with E-state index in [1.165, 1.54) is 23.5 Å². The van der Waals surface area contributed by atoms with E-state index in [1.54, 1.807) is 12.1 Å². The average Bonchev–Trinajstić information content (AvgIpc) is 3.12. The van der Waals surface area contributed by atoms with Crippen LogP contribution >= 0.6 is 11.3 Å².